The zero-order valence-electron chi connectivity index (χ0n) is 14.2. The molecule has 1 aliphatic rings. The van der Waals surface area contributed by atoms with Crippen LogP contribution >= 0.6 is 0 Å². The second-order valence-electron chi connectivity index (χ2n) is 5.25. The van der Waals surface area contributed by atoms with Crippen LogP contribution in [0.2, 0.25) is 0 Å². The van der Waals surface area contributed by atoms with Gasteiger partial charge in [0.25, 0.3) is 0 Å². The Morgan fingerprint density at radius 2 is 1.70 bits per heavy atom. The zero-order chi connectivity index (χ0) is 16.5. The number of hydrogen-bond acceptors (Lipinski definition) is 4. The Morgan fingerprint density at radius 3 is 2.00 bits per heavy atom. The van der Waals surface area contributed by atoms with Crippen molar-refractivity contribution < 1.29 is 0 Å². The average molecular weight is 281 g/mol. The van der Waals surface area contributed by atoms with Gasteiger partial charge in [0.05, 0.1) is 0 Å². The van der Waals surface area contributed by atoms with Crippen LogP contribution in [-0.2, 0) is 0 Å². The van der Waals surface area contributed by atoms with E-state index in [0.717, 1.165) is 0 Å². The summed E-state index contributed by atoms with van der Waals surface area (Å²) in [5, 5.41) is 2.25. The molecule has 0 spiro atoms. The average Bonchev–Trinajstić information content (AvgIpc) is 2.36. The highest BCUT2D eigenvalue weighted by Crippen LogP contribution is 2.32. The molecule has 5 heteroatoms. The van der Waals surface area contributed by atoms with E-state index in [1.165, 1.54) is 11.3 Å². The molecule has 0 amide bonds. The Morgan fingerprint density at radius 1 is 1.35 bits per heavy atom. The summed E-state index contributed by atoms with van der Waals surface area (Å²) >= 11 is 0. The summed E-state index contributed by atoms with van der Waals surface area (Å²) in [6.07, 6.45) is 4.60. The molecule has 3 N–H and O–H groups in total. The fourth-order valence-corrected chi connectivity index (χ4v) is 2.57. The van der Waals surface area contributed by atoms with Crippen LogP contribution in [0.5, 0.6) is 0 Å². The maximum Gasteiger partial charge on any atom is 0.0296 e. The lowest BCUT2D eigenvalue weighted by Crippen LogP contribution is -2.48. The van der Waals surface area contributed by atoms with Gasteiger partial charge in [-0.05, 0) is 40.3 Å². The van der Waals surface area contributed by atoms with E-state index >= 15 is 0 Å². The molecule has 0 fully saturated rings. The standard InChI is InChI=1S/C12H24N2.C3H4.H3N3/c1-8-10(3)14(7)11(4)9(2)12(8)13(5)6;2*1-3-2/h8,10-11H,1-7H3;1H,2H3;(H3,1,2). The molecule has 0 saturated heterocycles. The molecule has 0 aromatic carbocycles. The van der Waals surface area contributed by atoms with Gasteiger partial charge in [-0.15, -0.1) is 12.3 Å². The SMILES string of the molecule is C#CC.CC1=C(N(C)C)C(C)C(C)N(C)C1C.N=NN. The molecule has 0 aliphatic carbocycles. The first-order chi connectivity index (χ1) is 9.20. The largest absolute Gasteiger partial charge is 0.381 e. The maximum atomic E-state index is 5.61. The van der Waals surface area contributed by atoms with Crippen molar-refractivity contribution in [3.8, 4) is 12.3 Å². The molecular formula is C15H31N5. The lowest BCUT2D eigenvalue weighted by atomic mass is 9.86. The van der Waals surface area contributed by atoms with Crippen molar-refractivity contribution in [2.45, 2.75) is 46.7 Å². The molecule has 1 rings (SSSR count). The van der Waals surface area contributed by atoms with Crippen molar-refractivity contribution in [1.29, 1.82) is 5.53 Å². The third-order valence-electron chi connectivity index (χ3n) is 3.92. The van der Waals surface area contributed by atoms with Gasteiger partial charge >= 0.3 is 0 Å². The number of nitrogens with one attached hydrogen (secondary N) is 1. The number of terminal acetylenes is 1. The van der Waals surface area contributed by atoms with Crippen LogP contribution in [0.1, 0.15) is 34.6 Å². The highest BCUT2D eigenvalue weighted by molar-refractivity contribution is 5.23. The number of rotatable bonds is 1. The van der Waals surface area contributed by atoms with E-state index in [9.17, 15) is 0 Å². The Kier molecular flexibility index (Phi) is 10.7. The van der Waals surface area contributed by atoms with Crippen molar-refractivity contribution in [3.05, 3.63) is 11.3 Å². The van der Waals surface area contributed by atoms with Crippen LogP contribution in [0.4, 0.5) is 0 Å². The van der Waals surface area contributed by atoms with Gasteiger partial charge in [0.1, 0.15) is 0 Å². The second kappa shape index (κ2) is 10.3. The summed E-state index contributed by atoms with van der Waals surface area (Å²) < 4.78 is 0. The predicted molar refractivity (Wildman–Crippen MR) is 86.1 cm³/mol. The minimum atomic E-state index is 0.568. The zero-order valence-corrected chi connectivity index (χ0v) is 14.2. The Bertz CT molecular complexity index is 354. The van der Waals surface area contributed by atoms with E-state index in [4.69, 9.17) is 5.53 Å². The molecule has 3 unspecified atom stereocenters. The van der Waals surface area contributed by atoms with Crippen LogP contribution in [0.25, 0.3) is 0 Å². The summed E-state index contributed by atoms with van der Waals surface area (Å²) in [6, 6.07) is 1.20. The molecule has 116 valence electrons. The van der Waals surface area contributed by atoms with Crippen molar-refractivity contribution >= 4 is 0 Å². The molecule has 5 nitrogen and oxygen atoms in total. The van der Waals surface area contributed by atoms with Crippen molar-refractivity contribution in [1.82, 2.24) is 9.80 Å². The van der Waals surface area contributed by atoms with Crippen LogP contribution in [-0.4, -0.2) is 43.0 Å². The van der Waals surface area contributed by atoms with E-state index in [-0.39, 0.29) is 0 Å². The summed E-state index contributed by atoms with van der Waals surface area (Å²) in [7, 11) is 6.53. The summed E-state index contributed by atoms with van der Waals surface area (Å²) in [5.74, 6) is 7.02. The minimum absolute atomic E-state index is 0.568. The second-order valence-corrected chi connectivity index (χ2v) is 5.25. The minimum Gasteiger partial charge on any atom is -0.381 e. The number of nitrogens with zero attached hydrogens (tertiary/aromatic N) is 3. The van der Waals surface area contributed by atoms with Gasteiger partial charge in [0.15, 0.2) is 0 Å². The van der Waals surface area contributed by atoms with Gasteiger partial charge in [-0.3, -0.25) is 4.90 Å². The molecule has 1 aliphatic heterocycles. The van der Waals surface area contributed by atoms with Crippen LogP contribution in [0.3, 0.4) is 0 Å². The maximum absolute atomic E-state index is 5.61. The molecular weight excluding hydrogens is 250 g/mol. The Labute approximate surface area is 124 Å². The van der Waals surface area contributed by atoms with E-state index in [0.29, 0.717) is 18.0 Å². The van der Waals surface area contributed by atoms with E-state index < -0.39 is 0 Å². The van der Waals surface area contributed by atoms with Crippen molar-refractivity contribution in [3.63, 3.8) is 0 Å². The number of hydrogen-bond donors (Lipinski definition) is 2. The topological polar surface area (TPSA) is 68.7 Å². The third kappa shape index (κ3) is 5.62. The molecule has 0 aromatic heterocycles. The monoisotopic (exact) mass is 281 g/mol. The molecule has 0 saturated carbocycles. The van der Waals surface area contributed by atoms with Gasteiger partial charge in [-0.1, -0.05) is 12.1 Å². The number of nitrogens with two attached hydrogens (primary N) is 1. The normalized spacial score (nSPS) is 25.4. The Balaban J connectivity index is 0. The molecule has 0 radical (unpaired) electrons. The van der Waals surface area contributed by atoms with E-state index in [2.05, 4.69) is 82.0 Å². The fraction of sp³-hybridized carbons (Fsp3) is 0.733. The molecule has 20 heavy (non-hydrogen) atoms. The smallest absolute Gasteiger partial charge is 0.0296 e. The van der Waals surface area contributed by atoms with Gasteiger partial charge in [-0.2, -0.15) is 5.53 Å². The lowest BCUT2D eigenvalue weighted by Gasteiger charge is -2.44. The first-order valence-corrected chi connectivity index (χ1v) is 6.74. The summed E-state index contributed by atoms with van der Waals surface area (Å²) in [6.45, 7) is 10.9. The quantitative estimate of drug-likeness (QED) is 0.336. The van der Waals surface area contributed by atoms with Crippen molar-refractivity contribution in [2.75, 3.05) is 21.1 Å². The highest BCUT2D eigenvalue weighted by Gasteiger charge is 2.32. The van der Waals surface area contributed by atoms with E-state index in [1.54, 1.807) is 6.92 Å². The van der Waals surface area contributed by atoms with E-state index in [1.807, 2.05) is 0 Å². The van der Waals surface area contributed by atoms with Crippen LogP contribution < -0.4 is 5.84 Å². The first-order valence-electron chi connectivity index (χ1n) is 6.74. The van der Waals surface area contributed by atoms with Crippen LogP contribution in [0, 0.1) is 23.8 Å². The van der Waals surface area contributed by atoms with Gasteiger partial charge in [0.2, 0.25) is 0 Å². The predicted octanol–water partition coefficient (Wildman–Crippen LogP) is 2.71. The summed E-state index contributed by atoms with van der Waals surface area (Å²) in [5.41, 5.74) is 8.64. The van der Waals surface area contributed by atoms with Gasteiger partial charge < -0.3 is 10.7 Å². The molecule has 0 aromatic rings. The molecule has 0 bridgehead atoms. The number of likely N-dealkylation sites (N-methyl/N-ethyl adjacent to an activating group) is 1. The fourth-order valence-electron chi connectivity index (χ4n) is 2.57. The third-order valence-corrected chi connectivity index (χ3v) is 3.92. The van der Waals surface area contributed by atoms with Gasteiger partial charge in [0, 0.05) is 37.8 Å². The highest BCUT2D eigenvalue weighted by atomic mass is 15.2. The van der Waals surface area contributed by atoms with Gasteiger partial charge in [-0.25, -0.2) is 0 Å². The molecule has 1 heterocycles. The van der Waals surface area contributed by atoms with Crippen molar-refractivity contribution in [2.24, 2.45) is 17.0 Å². The lowest BCUT2D eigenvalue weighted by molar-refractivity contribution is 0.143. The Hall–Kier alpha value is -1.54. The van der Waals surface area contributed by atoms with Crippen LogP contribution in [0.15, 0.2) is 16.5 Å². The molecule has 3 atom stereocenters. The summed E-state index contributed by atoms with van der Waals surface area (Å²) in [4.78, 5) is 4.74. The first kappa shape index (κ1) is 20.8.